The van der Waals surface area contributed by atoms with Crippen molar-refractivity contribution < 1.29 is 19.2 Å². The first-order valence-corrected chi connectivity index (χ1v) is 5.73. The highest BCUT2D eigenvalue weighted by atomic mass is 16.5. The summed E-state index contributed by atoms with van der Waals surface area (Å²) in [5.74, 6) is -1.18. The van der Waals surface area contributed by atoms with E-state index in [0.29, 0.717) is 18.8 Å². The van der Waals surface area contributed by atoms with E-state index in [9.17, 15) is 9.59 Å². The lowest BCUT2D eigenvalue weighted by Crippen LogP contribution is -2.36. The summed E-state index contributed by atoms with van der Waals surface area (Å²) in [5.41, 5.74) is 0.651. The summed E-state index contributed by atoms with van der Waals surface area (Å²) in [6.07, 6.45) is 2.81. The van der Waals surface area contributed by atoms with Gasteiger partial charge < -0.3 is 14.5 Å². The molecule has 1 amide bonds. The molecular formula is C12H14N2O4. The summed E-state index contributed by atoms with van der Waals surface area (Å²) < 4.78 is 4.73. The molecule has 96 valence electrons. The third-order valence-corrected chi connectivity index (χ3v) is 3.14. The molecule has 1 aliphatic heterocycles. The van der Waals surface area contributed by atoms with E-state index in [0.717, 1.165) is 12.8 Å². The van der Waals surface area contributed by atoms with Crippen LogP contribution in [-0.2, 0) is 4.79 Å². The number of hydrogen-bond acceptors (Lipinski definition) is 4. The van der Waals surface area contributed by atoms with Crippen LogP contribution in [0.15, 0.2) is 23.2 Å². The van der Waals surface area contributed by atoms with Crippen LogP contribution in [0.25, 0.3) is 0 Å². The Hall–Kier alpha value is -2.11. The summed E-state index contributed by atoms with van der Waals surface area (Å²) in [5, 5.41) is 12.5. The van der Waals surface area contributed by atoms with Crippen molar-refractivity contribution in [3.8, 4) is 0 Å². The van der Waals surface area contributed by atoms with Crippen LogP contribution in [0.5, 0.6) is 0 Å². The van der Waals surface area contributed by atoms with Gasteiger partial charge in [0.1, 0.15) is 0 Å². The molecule has 1 saturated heterocycles. The molecule has 0 spiro atoms. The summed E-state index contributed by atoms with van der Waals surface area (Å²) in [6, 6.07) is 1.46. The number of carboxylic acid groups (broad SMARTS) is 1. The van der Waals surface area contributed by atoms with Gasteiger partial charge in [-0.25, -0.2) is 4.79 Å². The van der Waals surface area contributed by atoms with Crippen molar-refractivity contribution in [2.24, 2.45) is 0 Å². The number of nitrogens with zero attached hydrogens (tertiary/aromatic N) is 2. The smallest absolute Gasteiger partial charge is 0.374 e. The van der Waals surface area contributed by atoms with Crippen molar-refractivity contribution in [3.05, 3.63) is 30.2 Å². The van der Waals surface area contributed by atoms with E-state index in [4.69, 9.17) is 9.63 Å². The number of amides is 1. The fourth-order valence-corrected chi connectivity index (χ4v) is 2.11. The Kier molecular flexibility index (Phi) is 3.45. The van der Waals surface area contributed by atoms with Gasteiger partial charge in [-0.2, -0.15) is 0 Å². The van der Waals surface area contributed by atoms with Gasteiger partial charge in [0.15, 0.2) is 0 Å². The summed E-state index contributed by atoms with van der Waals surface area (Å²) >= 11 is 0. The van der Waals surface area contributed by atoms with E-state index in [1.54, 1.807) is 4.90 Å². The van der Waals surface area contributed by atoms with Crippen LogP contribution in [0, 0.1) is 0 Å². The average molecular weight is 250 g/mol. The Balaban J connectivity index is 1.98. The standard InChI is InChI=1S/C12H14N2O4/c1-2-11(15)14-5-3-8(4-6-14)9-7-10(12(16)17)18-13-9/h2,7-8H,1,3-6H2,(H,16,17). The third-order valence-electron chi connectivity index (χ3n) is 3.14. The minimum Gasteiger partial charge on any atom is -0.475 e. The quantitative estimate of drug-likeness (QED) is 0.816. The van der Waals surface area contributed by atoms with Crippen molar-refractivity contribution in [2.45, 2.75) is 18.8 Å². The molecule has 0 aromatic carbocycles. The summed E-state index contributed by atoms with van der Waals surface area (Å²) in [6.45, 7) is 4.71. The first-order valence-electron chi connectivity index (χ1n) is 5.73. The highest BCUT2D eigenvalue weighted by Gasteiger charge is 2.25. The Morgan fingerprint density at radius 3 is 2.67 bits per heavy atom. The zero-order valence-electron chi connectivity index (χ0n) is 9.83. The minimum absolute atomic E-state index is 0.0696. The number of likely N-dealkylation sites (tertiary alicyclic amines) is 1. The molecule has 1 N–H and O–H groups in total. The summed E-state index contributed by atoms with van der Waals surface area (Å²) in [7, 11) is 0. The van der Waals surface area contributed by atoms with E-state index in [1.165, 1.54) is 12.1 Å². The Bertz CT molecular complexity index is 472. The normalized spacial score (nSPS) is 16.6. The Labute approximate surface area is 104 Å². The van der Waals surface area contributed by atoms with Crippen LogP contribution in [-0.4, -0.2) is 40.1 Å². The molecule has 1 fully saturated rings. The van der Waals surface area contributed by atoms with Gasteiger partial charge in [0.25, 0.3) is 0 Å². The van der Waals surface area contributed by atoms with Crippen LogP contribution in [0.1, 0.15) is 35.0 Å². The van der Waals surface area contributed by atoms with Crippen molar-refractivity contribution in [1.29, 1.82) is 0 Å². The largest absolute Gasteiger partial charge is 0.475 e. The Morgan fingerprint density at radius 1 is 1.50 bits per heavy atom. The van der Waals surface area contributed by atoms with Gasteiger partial charge in [0.2, 0.25) is 11.7 Å². The maximum absolute atomic E-state index is 11.4. The van der Waals surface area contributed by atoms with E-state index in [-0.39, 0.29) is 17.6 Å². The van der Waals surface area contributed by atoms with E-state index >= 15 is 0 Å². The molecule has 6 heteroatoms. The van der Waals surface area contributed by atoms with Gasteiger partial charge in [-0.3, -0.25) is 4.79 Å². The number of aromatic nitrogens is 1. The molecule has 2 heterocycles. The SMILES string of the molecule is C=CC(=O)N1CCC(c2cc(C(=O)O)on2)CC1. The molecule has 6 nitrogen and oxygen atoms in total. The molecule has 0 atom stereocenters. The van der Waals surface area contributed by atoms with Crippen LogP contribution in [0.2, 0.25) is 0 Å². The lowest BCUT2D eigenvalue weighted by atomic mass is 9.93. The number of carbonyl (C=O) groups excluding carboxylic acids is 1. The molecule has 1 aromatic rings. The second-order valence-corrected chi connectivity index (χ2v) is 4.22. The maximum Gasteiger partial charge on any atom is 0.374 e. The predicted octanol–water partition coefficient (Wildman–Crippen LogP) is 1.26. The molecule has 1 aromatic heterocycles. The fourth-order valence-electron chi connectivity index (χ4n) is 2.11. The van der Waals surface area contributed by atoms with Crippen molar-refractivity contribution in [3.63, 3.8) is 0 Å². The Morgan fingerprint density at radius 2 is 2.17 bits per heavy atom. The van der Waals surface area contributed by atoms with Gasteiger partial charge in [0.05, 0.1) is 5.69 Å². The van der Waals surface area contributed by atoms with Gasteiger partial charge in [-0.1, -0.05) is 11.7 Å². The summed E-state index contributed by atoms with van der Waals surface area (Å²) in [4.78, 5) is 23.8. The van der Waals surface area contributed by atoms with Crippen LogP contribution >= 0.6 is 0 Å². The molecule has 0 saturated carbocycles. The van der Waals surface area contributed by atoms with Crippen molar-refractivity contribution in [1.82, 2.24) is 10.1 Å². The molecule has 1 aliphatic rings. The molecule has 0 unspecified atom stereocenters. The van der Waals surface area contributed by atoms with Crippen molar-refractivity contribution in [2.75, 3.05) is 13.1 Å². The highest BCUT2D eigenvalue weighted by Crippen LogP contribution is 2.27. The topological polar surface area (TPSA) is 83.6 Å². The molecule has 2 rings (SSSR count). The maximum atomic E-state index is 11.4. The number of carboxylic acids is 1. The molecule has 0 bridgehead atoms. The number of rotatable bonds is 3. The van der Waals surface area contributed by atoms with Crippen LogP contribution < -0.4 is 0 Å². The predicted molar refractivity (Wildman–Crippen MR) is 62.2 cm³/mol. The van der Waals surface area contributed by atoms with Gasteiger partial charge in [-0.05, 0) is 18.9 Å². The number of aromatic carboxylic acids is 1. The third kappa shape index (κ3) is 2.42. The first kappa shape index (κ1) is 12.3. The minimum atomic E-state index is -1.12. The monoisotopic (exact) mass is 250 g/mol. The van der Waals surface area contributed by atoms with E-state index < -0.39 is 5.97 Å². The number of hydrogen-bond donors (Lipinski definition) is 1. The van der Waals surface area contributed by atoms with E-state index in [2.05, 4.69) is 11.7 Å². The highest BCUT2D eigenvalue weighted by molar-refractivity contribution is 5.87. The van der Waals surface area contributed by atoms with Crippen molar-refractivity contribution >= 4 is 11.9 Å². The second kappa shape index (κ2) is 5.03. The van der Waals surface area contributed by atoms with Crippen LogP contribution in [0.4, 0.5) is 0 Å². The number of carbonyl (C=O) groups is 2. The average Bonchev–Trinajstić information content (AvgIpc) is 2.88. The van der Waals surface area contributed by atoms with Gasteiger partial charge in [0, 0.05) is 25.1 Å². The molecule has 0 radical (unpaired) electrons. The van der Waals surface area contributed by atoms with Gasteiger partial charge in [-0.15, -0.1) is 0 Å². The zero-order chi connectivity index (χ0) is 13.1. The molecule has 0 aliphatic carbocycles. The van der Waals surface area contributed by atoms with Crippen LogP contribution in [0.3, 0.4) is 0 Å². The lowest BCUT2D eigenvalue weighted by molar-refractivity contribution is -0.127. The molecule has 18 heavy (non-hydrogen) atoms. The lowest BCUT2D eigenvalue weighted by Gasteiger charge is -2.30. The fraction of sp³-hybridized carbons (Fsp3) is 0.417. The molecular weight excluding hydrogens is 236 g/mol. The van der Waals surface area contributed by atoms with Gasteiger partial charge >= 0.3 is 5.97 Å². The number of piperidine rings is 1. The second-order valence-electron chi connectivity index (χ2n) is 4.22. The first-order chi connectivity index (χ1) is 8.61. The van der Waals surface area contributed by atoms with E-state index in [1.807, 2.05) is 0 Å². The zero-order valence-corrected chi connectivity index (χ0v) is 9.83.